The van der Waals surface area contributed by atoms with Gasteiger partial charge in [-0.1, -0.05) is 6.07 Å². The first-order valence-corrected chi connectivity index (χ1v) is 4.48. The van der Waals surface area contributed by atoms with E-state index in [1.165, 1.54) is 6.07 Å². The van der Waals surface area contributed by atoms with Crippen LogP contribution < -0.4 is 11.5 Å². The molecule has 0 saturated carbocycles. The van der Waals surface area contributed by atoms with Gasteiger partial charge in [0.2, 0.25) is 0 Å². The lowest BCUT2D eigenvalue weighted by atomic mass is 10.1. The van der Waals surface area contributed by atoms with Gasteiger partial charge >= 0.3 is 0 Å². The van der Waals surface area contributed by atoms with Crippen molar-refractivity contribution in [2.24, 2.45) is 0 Å². The van der Waals surface area contributed by atoms with E-state index in [2.05, 4.69) is 4.98 Å². The molecule has 2 rings (SSSR count). The van der Waals surface area contributed by atoms with Gasteiger partial charge in [-0.3, -0.25) is 0 Å². The van der Waals surface area contributed by atoms with Gasteiger partial charge in [-0.2, -0.15) is 0 Å². The summed E-state index contributed by atoms with van der Waals surface area (Å²) in [7, 11) is 0. The number of rotatable bonds is 1. The van der Waals surface area contributed by atoms with E-state index >= 15 is 0 Å². The fraction of sp³-hybridized carbons (Fsp3) is 0. The predicted octanol–water partition coefficient (Wildman–Crippen LogP) is 1.62. The molecule has 0 fully saturated rings. The van der Waals surface area contributed by atoms with Crippen molar-refractivity contribution in [1.29, 1.82) is 0 Å². The Labute approximate surface area is 87.2 Å². The molecule has 0 radical (unpaired) electrons. The van der Waals surface area contributed by atoms with E-state index in [0.29, 0.717) is 22.8 Å². The van der Waals surface area contributed by atoms with Gasteiger partial charge in [0, 0.05) is 11.3 Å². The Morgan fingerprint density at radius 3 is 2.60 bits per heavy atom. The van der Waals surface area contributed by atoms with Crippen molar-refractivity contribution < 1.29 is 5.11 Å². The van der Waals surface area contributed by atoms with E-state index in [0.717, 1.165) is 0 Å². The number of pyridine rings is 1. The van der Waals surface area contributed by atoms with Gasteiger partial charge in [0.15, 0.2) is 0 Å². The molecule has 5 N–H and O–H groups in total. The second-order valence-electron chi connectivity index (χ2n) is 3.22. The van der Waals surface area contributed by atoms with Gasteiger partial charge < -0.3 is 16.6 Å². The van der Waals surface area contributed by atoms with Crippen molar-refractivity contribution in [1.82, 2.24) is 4.98 Å². The number of aromatic hydroxyl groups is 1. The first-order valence-electron chi connectivity index (χ1n) is 4.48. The summed E-state index contributed by atoms with van der Waals surface area (Å²) >= 11 is 0. The highest BCUT2D eigenvalue weighted by molar-refractivity contribution is 5.71. The number of phenols is 1. The maximum absolute atomic E-state index is 9.64. The SMILES string of the molecule is Nc1ccc(O)c(-c2cccc(N)n2)c1. The Balaban J connectivity index is 2.58. The minimum Gasteiger partial charge on any atom is -0.507 e. The average Bonchev–Trinajstić information content (AvgIpc) is 2.22. The highest BCUT2D eigenvalue weighted by Crippen LogP contribution is 2.29. The lowest BCUT2D eigenvalue weighted by molar-refractivity contribution is 0.477. The molecule has 0 unspecified atom stereocenters. The number of anilines is 2. The number of benzene rings is 1. The topological polar surface area (TPSA) is 85.2 Å². The van der Waals surface area contributed by atoms with Gasteiger partial charge in [-0.05, 0) is 30.3 Å². The highest BCUT2D eigenvalue weighted by Gasteiger charge is 2.05. The molecule has 0 aliphatic rings. The Kier molecular flexibility index (Phi) is 2.17. The van der Waals surface area contributed by atoms with Crippen LogP contribution in [0.5, 0.6) is 5.75 Å². The van der Waals surface area contributed by atoms with Gasteiger partial charge in [0.1, 0.15) is 11.6 Å². The summed E-state index contributed by atoms with van der Waals surface area (Å²) in [5.41, 5.74) is 13.0. The quantitative estimate of drug-likeness (QED) is 0.483. The van der Waals surface area contributed by atoms with Crippen molar-refractivity contribution in [3.8, 4) is 17.0 Å². The number of nitrogens with zero attached hydrogens (tertiary/aromatic N) is 1. The minimum atomic E-state index is 0.141. The average molecular weight is 201 g/mol. The Hall–Kier alpha value is -2.23. The second kappa shape index (κ2) is 3.49. The van der Waals surface area contributed by atoms with Crippen LogP contribution in [0.4, 0.5) is 11.5 Å². The number of phenolic OH excluding ortho intramolecular Hbond substituents is 1. The fourth-order valence-electron chi connectivity index (χ4n) is 1.36. The van der Waals surface area contributed by atoms with Crippen LogP contribution in [-0.4, -0.2) is 10.1 Å². The molecular weight excluding hydrogens is 190 g/mol. The molecule has 76 valence electrons. The summed E-state index contributed by atoms with van der Waals surface area (Å²) < 4.78 is 0. The summed E-state index contributed by atoms with van der Waals surface area (Å²) in [6.45, 7) is 0. The van der Waals surface area contributed by atoms with Crippen molar-refractivity contribution in [2.45, 2.75) is 0 Å². The first kappa shape index (κ1) is 9.33. The third-order valence-corrected chi connectivity index (χ3v) is 2.07. The Bertz CT molecular complexity index is 497. The molecule has 4 heteroatoms. The summed E-state index contributed by atoms with van der Waals surface area (Å²) in [6.07, 6.45) is 0. The monoisotopic (exact) mass is 201 g/mol. The maximum Gasteiger partial charge on any atom is 0.125 e. The van der Waals surface area contributed by atoms with Crippen molar-refractivity contribution in [2.75, 3.05) is 11.5 Å². The molecule has 0 amide bonds. The Morgan fingerprint density at radius 1 is 1.07 bits per heavy atom. The number of hydrogen-bond acceptors (Lipinski definition) is 4. The normalized spacial score (nSPS) is 10.1. The molecule has 0 atom stereocenters. The fourth-order valence-corrected chi connectivity index (χ4v) is 1.36. The van der Waals surface area contributed by atoms with Crippen molar-refractivity contribution in [3.05, 3.63) is 36.4 Å². The van der Waals surface area contributed by atoms with Gasteiger partial charge in [-0.15, -0.1) is 0 Å². The molecule has 0 aliphatic heterocycles. The van der Waals surface area contributed by atoms with Crippen LogP contribution in [0.1, 0.15) is 0 Å². The summed E-state index contributed by atoms with van der Waals surface area (Å²) in [5, 5.41) is 9.64. The second-order valence-corrected chi connectivity index (χ2v) is 3.22. The predicted molar refractivity (Wildman–Crippen MR) is 60.2 cm³/mol. The number of nitrogen functional groups attached to an aromatic ring is 2. The van der Waals surface area contributed by atoms with Gasteiger partial charge in [0.05, 0.1) is 5.69 Å². The highest BCUT2D eigenvalue weighted by atomic mass is 16.3. The zero-order valence-corrected chi connectivity index (χ0v) is 8.01. The largest absolute Gasteiger partial charge is 0.507 e. The zero-order valence-electron chi connectivity index (χ0n) is 8.01. The lowest BCUT2D eigenvalue weighted by Gasteiger charge is -2.05. The van der Waals surface area contributed by atoms with Gasteiger partial charge in [0.25, 0.3) is 0 Å². The van der Waals surface area contributed by atoms with Crippen LogP contribution in [0.25, 0.3) is 11.3 Å². The van der Waals surface area contributed by atoms with Crippen LogP contribution in [0.3, 0.4) is 0 Å². The molecule has 4 nitrogen and oxygen atoms in total. The van der Waals surface area contributed by atoms with E-state index in [-0.39, 0.29) is 5.75 Å². The molecule has 0 spiro atoms. The van der Waals surface area contributed by atoms with Crippen LogP contribution in [0, 0.1) is 0 Å². The van der Waals surface area contributed by atoms with E-state index < -0.39 is 0 Å². The third-order valence-electron chi connectivity index (χ3n) is 2.07. The van der Waals surface area contributed by atoms with Crippen LogP contribution in [0.15, 0.2) is 36.4 Å². The molecule has 1 heterocycles. The summed E-state index contributed by atoms with van der Waals surface area (Å²) in [6, 6.07) is 10.1. The number of nitrogens with two attached hydrogens (primary N) is 2. The van der Waals surface area contributed by atoms with E-state index in [1.54, 1.807) is 30.3 Å². The first-order chi connectivity index (χ1) is 7.16. The molecule has 0 saturated heterocycles. The van der Waals surface area contributed by atoms with Crippen LogP contribution in [0.2, 0.25) is 0 Å². The molecule has 0 aliphatic carbocycles. The minimum absolute atomic E-state index is 0.141. The van der Waals surface area contributed by atoms with E-state index in [1.807, 2.05) is 0 Å². The smallest absolute Gasteiger partial charge is 0.125 e. The molecule has 1 aromatic carbocycles. The Morgan fingerprint density at radius 2 is 1.87 bits per heavy atom. The number of aromatic nitrogens is 1. The maximum atomic E-state index is 9.64. The molecule has 2 aromatic rings. The van der Waals surface area contributed by atoms with Gasteiger partial charge in [-0.25, -0.2) is 4.98 Å². The van der Waals surface area contributed by atoms with Crippen molar-refractivity contribution >= 4 is 11.5 Å². The molecule has 0 bridgehead atoms. The third kappa shape index (κ3) is 1.83. The standard InChI is InChI=1S/C11H11N3O/c12-7-4-5-10(15)8(6-7)9-2-1-3-11(13)14-9/h1-6,15H,12H2,(H2,13,14). The molecular formula is C11H11N3O. The molecule has 1 aromatic heterocycles. The summed E-state index contributed by atoms with van der Waals surface area (Å²) in [5.74, 6) is 0.552. The van der Waals surface area contributed by atoms with Crippen molar-refractivity contribution in [3.63, 3.8) is 0 Å². The van der Waals surface area contributed by atoms with Crippen LogP contribution in [-0.2, 0) is 0 Å². The number of hydrogen-bond donors (Lipinski definition) is 3. The molecule has 15 heavy (non-hydrogen) atoms. The van der Waals surface area contributed by atoms with E-state index in [4.69, 9.17) is 11.5 Å². The van der Waals surface area contributed by atoms with Crippen LogP contribution >= 0.6 is 0 Å². The summed E-state index contributed by atoms with van der Waals surface area (Å²) in [4.78, 5) is 4.11. The van der Waals surface area contributed by atoms with E-state index in [9.17, 15) is 5.11 Å². The lowest BCUT2D eigenvalue weighted by Crippen LogP contribution is -1.92. The zero-order chi connectivity index (χ0) is 10.8.